The maximum absolute atomic E-state index is 13.5. The van der Waals surface area contributed by atoms with Gasteiger partial charge in [-0.15, -0.1) is 0 Å². The summed E-state index contributed by atoms with van der Waals surface area (Å²) < 4.78 is 1.87. The molecule has 4 bridgehead atoms. The van der Waals surface area contributed by atoms with E-state index in [1.54, 1.807) is 0 Å². The highest BCUT2D eigenvalue weighted by Gasteiger charge is 2.46. The van der Waals surface area contributed by atoms with E-state index in [0.717, 1.165) is 42.0 Å². The molecule has 2 saturated carbocycles. The molecule has 2 saturated heterocycles. The number of nitrogens with zero attached hydrogens (tertiary/aromatic N) is 3. The molecule has 204 valence electrons. The smallest absolute Gasteiger partial charge is 0.282 e. The van der Waals surface area contributed by atoms with E-state index >= 15 is 0 Å². The molecular formula is C30H46N3O3P. The minimum atomic E-state index is -2.53. The van der Waals surface area contributed by atoms with E-state index in [4.69, 9.17) is 0 Å². The van der Waals surface area contributed by atoms with Gasteiger partial charge in [-0.1, -0.05) is 46.2 Å². The predicted molar refractivity (Wildman–Crippen MR) is 152 cm³/mol. The molecule has 1 aromatic carbocycles. The largest absolute Gasteiger partial charge is 0.345 e. The van der Waals surface area contributed by atoms with Crippen LogP contribution in [0.25, 0.3) is 11.0 Å². The van der Waals surface area contributed by atoms with Crippen molar-refractivity contribution in [1.82, 2.24) is 14.5 Å². The number of aromatic nitrogens is 2. The van der Waals surface area contributed by atoms with Gasteiger partial charge in [-0.25, -0.2) is 4.98 Å². The molecule has 37 heavy (non-hydrogen) atoms. The quantitative estimate of drug-likeness (QED) is 0.497. The second-order valence-electron chi connectivity index (χ2n) is 12.2. The van der Waals surface area contributed by atoms with Crippen LogP contribution >= 0.6 is 8.38 Å². The first-order valence-corrected chi connectivity index (χ1v) is 16.1. The average Bonchev–Trinajstić information content (AvgIpc) is 3.09. The molecular weight excluding hydrogens is 481 g/mol. The van der Waals surface area contributed by atoms with Gasteiger partial charge in [-0.05, 0) is 93.6 Å². The monoisotopic (exact) mass is 527 g/mol. The Morgan fingerprint density at radius 2 is 1.57 bits per heavy atom. The number of benzene rings is 1. The summed E-state index contributed by atoms with van der Waals surface area (Å²) in [5, 5.41) is 0. The van der Waals surface area contributed by atoms with E-state index < -0.39 is 8.38 Å². The van der Waals surface area contributed by atoms with E-state index in [9.17, 15) is 14.6 Å². The van der Waals surface area contributed by atoms with Crippen molar-refractivity contribution in [2.75, 3.05) is 0 Å². The molecule has 1 aromatic heterocycles. The lowest BCUT2D eigenvalue weighted by molar-refractivity contribution is -0.0324. The highest BCUT2D eigenvalue weighted by atomic mass is 31.2. The summed E-state index contributed by atoms with van der Waals surface area (Å²) in [6.45, 7) is 8.97. The molecule has 2 aliphatic heterocycles. The number of hydrogen-bond donors (Lipinski definition) is 2. The molecule has 3 heterocycles. The zero-order valence-electron chi connectivity index (χ0n) is 23.1. The fourth-order valence-electron chi connectivity index (χ4n) is 8.65. The SMILES string of the molecule is CC.CC1CC2C[C@H](C)CC1C[C@H](N1C3CCCC1CC(n1c(=O)c(P(O)O)nc4ccccc41)C3)C2. The topological polar surface area (TPSA) is 78.6 Å². The lowest BCUT2D eigenvalue weighted by Crippen LogP contribution is -2.58. The summed E-state index contributed by atoms with van der Waals surface area (Å²) in [5.74, 6) is 3.42. The van der Waals surface area contributed by atoms with Crippen molar-refractivity contribution in [2.45, 2.75) is 116 Å². The van der Waals surface area contributed by atoms with Gasteiger partial charge in [0.25, 0.3) is 5.56 Å². The summed E-state index contributed by atoms with van der Waals surface area (Å²) in [6.07, 6.45) is 12.5. The number of piperidine rings is 2. The first-order chi connectivity index (χ1) is 17.9. The summed E-state index contributed by atoms with van der Waals surface area (Å²) in [7, 11) is -2.53. The Bertz CT molecular complexity index is 1120. The number of fused-ring (bicyclic) bond motifs is 6. The molecule has 4 aliphatic rings. The third-order valence-electron chi connectivity index (χ3n) is 9.89. The zero-order chi connectivity index (χ0) is 26.3. The van der Waals surface area contributed by atoms with Crippen molar-refractivity contribution >= 4 is 24.8 Å². The van der Waals surface area contributed by atoms with Gasteiger partial charge < -0.3 is 14.4 Å². The average molecular weight is 528 g/mol. The van der Waals surface area contributed by atoms with Crippen LogP contribution in [-0.4, -0.2) is 42.4 Å². The first-order valence-electron chi connectivity index (χ1n) is 14.9. The zero-order valence-corrected chi connectivity index (χ0v) is 24.0. The van der Waals surface area contributed by atoms with E-state index in [1.807, 2.05) is 42.7 Å². The number of rotatable bonds is 3. The fraction of sp³-hybridized carbons (Fsp3) is 0.733. The van der Waals surface area contributed by atoms with Crippen LogP contribution in [0.5, 0.6) is 0 Å². The summed E-state index contributed by atoms with van der Waals surface area (Å²) in [6, 6.07) is 9.46. The van der Waals surface area contributed by atoms with Crippen molar-refractivity contribution in [3.63, 3.8) is 0 Å². The van der Waals surface area contributed by atoms with Crippen LogP contribution in [0.3, 0.4) is 0 Å². The second-order valence-corrected chi connectivity index (χ2v) is 13.2. The molecule has 0 spiro atoms. The Kier molecular flexibility index (Phi) is 8.41. The molecule has 2 aliphatic carbocycles. The third kappa shape index (κ3) is 5.29. The molecule has 7 atom stereocenters. The maximum atomic E-state index is 13.5. The van der Waals surface area contributed by atoms with Gasteiger partial charge in [0, 0.05) is 24.2 Å². The molecule has 4 fully saturated rings. The van der Waals surface area contributed by atoms with Crippen molar-refractivity contribution in [3.05, 3.63) is 34.6 Å². The van der Waals surface area contributed by atoms with Gasteiger partial charge in [0.05, 0.1) is 11.0 Å². The highest BCUT2D eigenvalue weighted by molar-refractivity contribution is 7.53. The van der Waals surface area contributed by atoms with E-state index in [2.05, 4.69) is 23.7 Å². The lowest BCUT2D eigenvalue weighted by Gasteiger charge is -2.53. The lowest BCUT2D eigenvalue weighted by atomic mass is 9.76. The Hall–Kier alpha value is -1.33. The molecule has 2 N–H and O–H groups in total. The van der Waals surface area contributed by atoms with Crippen LogP contribution in [0.15, 0.2) is 29.1 Å². The Balaban J connectivity index is 0.00000137. The summed E-state index contributed by atoms with van der Waals surface area (Å²) >= 11 is 0. The standard InChI is InChI=1S/C28H40N3O3P.C2H6/c1-17-10-19-12-18(2)20(11-17)14-23(13-19)30-21-6-5-7-22(30)16-24(15-21)31-26-9-4-3-8-25(26)29-27(28(31)32)35(33)34;1-2/h3-4,8-9,17-24,33-34H,5-7,10-16H2,1-2H3;1-2H3/t17-,18?,19?,20?,21?,22?,23+,24?;/m0./s1. The van der Waals surface area contributed by atoms with Crippen LogP contribution in [0, 0.1) is 23.7 Å². The van der Waals surface area contributed by atoms with Crippen LogP contribution in [0.1, 0.15) is 97.9 Å². The van der Waals surface area contributed by atoms with Gasteiger partial charge in [0.2, 0.25) is 8.38 Å². The predicted octanol–water partition coefficient (Wildman–Crippen LogP) is 5.75. The van der Waals surface area contributed by atoms with E-state index in [-0.39, 0.29) is 17.0 Å². The molecule has 0 radical (unpaired) electrons. The van der Waals surface area contributed by atoms with E-state index in [0.29, 0.717) is 23.6 Å². The van der Waals surface area contributed by atoms with Gasteiger partial charge in [0.15, 0.2) is 5.44 Å². The van der Waals surface area contributed by atoms with Crippen LogP contribution < -0.4 is 11.0 Å². The Morgan fingerprint density at radius 1 is 0.865 bits per heavy atom. The Morgan fingerprint density at radius 3 is 2.27 bits per heavy atom. The molecule has 6 nitrogen and oxygen atoms in total. The molecule has 2 aromatic rings. The van der Waals surface area contributed by atoms with Gasteiger partial charge in [-0.2, -0.15) is 0 Å². The summed E-state index contributed by atoms with van der Waals surface area (Å²) in [5.41, 5.74) is 1.08. The van der Waals surface area contributed by atoms with Crippen molar-refractivity contribution in [3.8, 4) is 0 Å². The minimum Gasteiger partial charge on any atom is -0.345 e. The van der Waals surface area contributed by atoms with Gasteiger partial charge >= 0.3 is 0 Å². The summed E-state index contributed by atoms with van der Waals surface area (Å²) in [4.78, 5) is 40.6. The third-order valence-corrected chi connectivity index (χ3v) is 10.6. The van der Waals surface area contributed by atoms with Gasteiger partial charge in [0.1, 0.15) is 0 Å². The number of hydrogen-bond acceptors (Lipinski definition) is 5. The van der Waals surface area contributed by atoms with Crippen LogP contribution in [0.4, 0.5) is 0 Å². The molecule has 7 heteroatoms. The second kappa shape index (κ2) is 11.4. The fourth-order valence-corrected chi connectivity index (χ4v) is 9.13. The van der Waals surface area contributed by atoms with Crippen molar-refractivity contribution in [1.29, 1.82) is 0 Å². The number of para-hydroxylation sites is 2. The van der Waals surface area contributed by atoms with Gasteiger partial charge in [-0.3, -0.25) is 9.69 Å². The molecule has 6 rings (SSSR count). The maximum Gasteiger partial charge on any atom is 0.282 e. The highest BCUT2D eigenvalue weighted by Crippen LogP contribution is 2.48. The van der Waals surface area contributed by atoms with Crippen LogP contribution in [0.2, 0.25) is 0 Å². The normalized spacial score (nSPS) is 36.1. The Labute approximate surface area is 223 Å². The van der Waals surface area contributed by atoms with Crippen LogP contribution in [-0.2, 0) is 0 Å². The van der Waals surface area contributed by atoms with Crippen molar-refractivity contribution < 1.29 is 9.79 Å². The first kappa shape index (κ1) is 27.2. The molecule has 5 unspecified atom stereocenters. The van der Waals surface area contributed by atoms with E-state index in [1.165, 1.54) is 51.4 Å². The molecule has 0 amide bonds. The van der Waals surface area contributed by atoms with Crippen molar-refractivity contribution in [2.24, 2.45) is 23.7 Å². The minimum absolute atomic E-state index is 0.0832.